The number of hydrogen-bond acceptors (Lipinski definition) is 3. The fourth-order valence-corrected chi connectivity index (χ4v) is 1.63. The second-order valence-electron chi connectivity index (χ2n) is 3.68. The summed E-state index contributed by atoms with van der Waals surface area (Å²) in [4.78, 5) is 15.1. The van der Waals surface area contributed by atoms with Crippen LogP contribution in [0, 0.1) is 0 Å². The first-order valence-corrected chi connectivity index (χ1v) is 5.45. The van der Waals surface area contributed by atoms with Gasteiger partial charge in [0.25, 0.3) is 0 Å². The molecule has 1 unspecified atom stereocenters. The van der Waals surface area contributed by atoms with Crippen molar-refractivity contribution in [2.24, 2.45) is 0 Å². The van der Waals surface area contributed by atoms with Gasteiger partial charge >= 0.3 is 5.97 Å². The monoisotopic (exact) mass is 231 g/mol. The second kappa shape index (κ2) is 4.82. The molecule has 1 aromatic carbocycles. The topological polar surface area (TPSA) is 59.4 Å². The van der Waals surface area contributed by atoms with Gasteiger partial charge in [-0.25, -0.2) is 4.79 Å². The minimum absolute atomic E-state index is 0.415. The number of rotatable bonds is 4. The van der Waals surface area contributed by atoms with Crippen molar-refractivity contribution >= 4 is 16.9 Å². The summed E-state index contributed by atoms with van der Waals surface area (Å²) in [7, 11) is 0. The van der Waals surface area contributed by atoms with Gasteiger partial charge in [-0.2, -0.15) is 0 Å². The van der Waals surface area contributed by atoms with E-state index in [1.54, 1.807) is 19.2 Å². The van der Waals surface area contributed by atoms with Crippen LogP contribution in [0.3, 0.4) is 0 Å². The highest BCUT2D eigenvalue weighted by Gasteiger charge is 2.17. The van der Waals surface area contributed by atoms with E-state index in [0.29, 0.717) is 17.7 Å². The number of fused-ring (bicyclic) bond motifs is 1. The molecule has 1 aromatic heterocycles. The van der Waals surface area contributed by atoms with Crippen molar-refractivity contribution in [3.8, 4) is 5.75 Å². The number of aromatic nitrogens is 1. The van der Waals surface area contributed by atoms with E-state index in [1.165, 1.54) is 0 Å². The van der Waals surface area contributed by atoms with Gasteiger partial charge < -0.3 is 9.84 Å². The van der Waals surface area contributed by atoms with Crippen LogP contribution in [-0.2, 0) is 4.79 Å². The fourth-order valence-electron chi connectivity index (χ4n) is 1.63. The molecule has 2 rings (SSSR count). The van der Waals surface area contributed by atoms with Crippen LogP contribution in [0.2, 0.25) is 0 Å². The summed E-state index contributed by atoms with van der Waals surface area (Å²) in [6.45, 7) is 1.78. The molecule has 4 nitrogen and oxygen atoms in total. The third-order valence-electron chi connectivity index (χ3n) is 2.51. The Balaban J connectivity index is 2.38. The molecule has 0 amide bonds. The van der Waals surface area contributed by atoms with Crippen LogP contribution in [0.5, 0.6) is 5.75 Å². The van der Waals surface area contributed by atoms with E-state index in [4.69, 9.17) is 9.84 Å². The molecule has 0 bridgehead atoms. The van der Waals surface area contributed by atoms with Crippen molar-refractivity contribution in [3.63, 3.8) is 0 Å². The predicted octanol–water partition coefficient (Wildman–Crippen LogP) is 2.48. The predicted molar refractivity (Wildman–Crippen MR) is 64.1 cm³/mol. The molecule has 0 aliphatic carbocycles. The average Bonchev–Trinajstić information content (AvgIpc) is 2.35. The number of nitrogens with zero attached hydrogens (tertiary/aromatic N) is 1. The van der Waals surface area contributed by atoms with E-state index in [-0.39, 0.29) is 0 Å². The molecule has 0 radical (unpaired) electrons. The number of ether oxygens (including phenoxy) is 1. The highest BCUT2D eigenvalue weighted by Crippen LogP contribution is 2.24. The zero-order valence-electron chi connectivity index (χ0n) is 9.46. The van der Waals surface area contributed by atoms with Gasteiger partial charge in [0, 0.05) is 11.6 Å². The second-order valence-corrected chi connectivity index (χ2v) is 3.68. The summed E-state index contributed by atoms with van der Waals surface area (Å²) in [6, 6.07) is 9.23. The summed E-state index contributed by atoms with van der Waals surface area (Å²) in [5.74, 6) is -0.446. The summed E-state index contributed by atoms with van der Waals surface area (Å²) < 4.78 is 5.48. The molecule has 1 atom stereocenters. The van der Waals surface area contributed by atoms with Gasteiger partial charge in [0.1, 0.15) is 11.3 Å². The van der Waals surface area contributed by atoms with Crippen LogP contribution in [0.1, 0.15) is 13.3 Å². The maximum atomic E-state index is 10.9. The van der Waals surface area contributed by atoms with Crippen molar-refractivity contribution in [1.82, 2.24) is 4.98 Å². The van der Waals surface area contributed by atoms with Gasteiger partial charge in [0.15, 0.2) is 6.10 Å². The lowest BCUT2D eigenvalue weighted by Crippen LogP contribution is -2.26. The largest absolute Gasteiger partial charge is 0.479 e. The van der Waals surface area contributed by atoms with Crippen LogP contribution >= 0.6 is 0 Å². The number of para-hydroxylation sites is 1. The van der Waals surface area contributed by atoms with E-state index < -0.39 is 12.1 Å². The molecule has 1 N–H and O–H groups in total. The molecule has 4 heteroatoms. The first-order chi connectivity index (χ1) is 8.22. The maximum Gasteiger partial charge on any atom is 0.344 e. The minimum atomic E-state index is -0.958. The number of carboxylic acid groups (broad SMARTS) is 1. The molecular weight excluding hydrogens is 218 g/mol. The van der Waals surface area contributed by atoms with Gasteiger partial charge in [-0.15, -0.1) is 0 Å². The van der Waals surface area contributed by atoms with E-state index >= 15 is 0 Å². The lowest BCUT2D eigenvalue weighted by atomic mass is 10.2. The van der Waals surface area contributed by atoms with E-state index in [1.807, 2.05) is 24.3 Å². The number of carbonyl (C=O) groups is 1. The summed E-state index contributed by atoms with van der Waals surface area (Å²) >= 11 is 0. The minimum Gasteiger partial charge on any atom is -0.479 e. The highest BCUT2D eigenvalue weighted by molar-refractivity contribution is 5.84. The van der Waals surface area contributed by atoms with E-state index in [9.17, 15) is 4.79 Å². The Morgan fingerprint density at radius 3 is 2.88 bits per heavy atom. The number of hydrogen-bond donors (Lipinski definition) is 1. The lowest BCUT2D eigenvalue weighted by molar-refractivity contribution is -0.145. The Hall–Kier alpha value is -2.10. The Morgan fingerprint density at radius 2 is 2.18 bits per heavy atom. The molecule has 1 heterocycles. The molecule has 88 valence electrons. The Labute approximate surface area is 98.9 Å². The number of carboxylic acids is 1. The third kappa shape index (κ3) is 2.36. The Bertz CT molecular complexity index is 534. The molecular formula is C13H13NO3. The standard InChI is InChI=1S/C13H13NO3/c1-2-10(13(15)16)17-11-7-3-5-9-6-4-8-14-12(9)11/h3-8,10H,2H2,1H3,(H,15,16). The zero-order valence-corrected chi connectivity index (χ0v) is 9.46. The summed E-state index contributed by atoms with van der Waals surface area (Å²) in [5.41, 5.74) is 0.690. The van der Waals surface area contributed by atoms with Crippen LogP contribution in [-0.4, -0.2) is 22.2 Å². The molecule has 0 saturated heterocycles. The summed E-state index contributed by atoms with van der Waals surface area (Å²) in [5, 5.41) is 9.90. The molecule has 17 heavy (non-hydrogen) atoms. The number of pyridine rings is 1. The fraction of sp³-hybridized carbons (Fsp3) is 0.231. The van der Waals surface area contributed by atoms with Crippen molar-refractivity contribution in [3.05, 3.63) is 36.5 Å². The number of aliphatic carboxylic acids is 1. The van der Waals surface area contributed by atoms with Gasteiger partial charge in [-0.3, -0.25) is 4.98 Å². The van der Waals surface area contributed by atoms with Gasteiger partial charge in [0.2, 0.25) is 0 Å². The lowest BCUT2D eigenvalue weighted by Gasteiger charge is -2.14. The summed E-state index contributed by atoms with van der Waals surface area (Å²) in [6.07, 6.45) is 1.25. The van der Waals surface area contributed by atoms with Crippen molar-refractivity contribution in [1.29, 1.82) is 0 Å². The first kappa shape index (κ1) is 11.4. The Kier molecular flexibility index (Phi) is 3.23. The van der Waals surface area contributed by atoms with Gasteiger partial charge in [-0.05, 0) is 18.6 Å². The van der Waals surface area contributed by atoms with Crippen molar-refractivity contribution < 1.29 is 14.6 Å². The van der Waals surface area contributed by atoms with Crippen molar-refractivity contribution in [2.45, 2.75) is 19.4 Å². The quantitative estimate of drug-likeness (QED) is 0.878. The van der Waals surface area contributed by atoms with E-state index in [2.05, 4.69) is 4.98 Å². The number of benzene rings is 1. The molecule has 0 fully saturated rings. The third-order valence-corrected chi connectivity index (χ3v) is 2.51. The molecule has 2 aromatic rings. The van der Waals surface area contributed by atoms with Crippen LogP contribution in [0.4, 0.5) is 0 Å². The van der Waals surface area contributed by atoms with Crippen LogP contribution in [0.25, 0.3) is 10.9 Å². The molecule has 0 saturated carbocycles. The average molecular weight is 231 g/mol. The maximum absolute atomic E-state index is 10.9. The SMILES string of the molecule is CCC(Oc1cccc2cccnc12)C(=O)O. The van der Waals surface area contributed by atoms with Gasteiger partial charge in [-0.1, -0.05) is 25.1 Å². The normalized spacial score (nSPS) is 12.3. The smallest absolute Gasteiger partial charge is 0.344 e. The molecule has 0 aliphatic heterocycles. The molecule has 0 aliphatic rings. The highest BCUT2D eigenvalue weighted by atomic mass is 16.5. The van der Waals surface area contributed by atoms with Gasteiger partial charge in [0.05, 0.1) is 0 Å². The Morgan fingerprint density at radius 1 is 1.41 bits per heavy atom. The van der Waals surface area contributed by atoms with E-state index in [0.717, 1.165) is 5.39 Å². The first-order valence-electron chi connectivity index (χ1n) is 5.45. The van der Waals surface area contributed by atoms with Crippen LogP contribution < -0.4 is 4.74 Å². The van der Waals surface area contributed by atoms with Crippen LogP contribution in [0.15, 0.2) is 36.5 Å². The zero-order chi connectivity index (χ0) is 12.3. The molecule has 0 spiro atoms. The van der Waals surface area contributed by atoms with Crippen molar-refractivity contribution in [2.75, 3.05) is 0 Å².